The first-order valence-electron chi connectivity index (χ1n) is 5.63. The van der Waals surface area contributed by atoms with Crippen molar-refractivity contribution < 1.29 is 4.79 Å². The molecular formula is C12H14N4OS. The molecule has 0 bridgehead atoms. The highest BCUT2D eigenvalue weighted by molar-refractivity contribution is 7.13. The van der Waals surface area contributed by atoms with Crippen LogP contribution in [0.3, 0.4) is 0 Å². The first-order chi connectivity index (χ1) is 8.69. The second-order valence-electron chi connectivity index (χ2n) is 3.69. The van der Waals surface area contributed by atoms with E-state index >= 15 is 0 Å². The quantitative estimate of drug-likeness (QED) is 0.888. The average Bonchev–Trinajstić information content (AvgIpc) is 2.75. The van der Waals surface area contributed by atoms with E-state index in [0.29, 0.717) is 16.6 Å². The number of hydrogen-bond donors (Lipinski definition) is 2. The second kappa shape index (κ2) is 5.59. The van der Waals surface area contributed by atoms with Gasteiger partial charge in [-0.2, -0.15) is 0 Å². The van der Waals surface area contributed by atoms with E-state index in [9.17, 15) is 4.79 Å². The van der Waals surface area contributed by atoms with Gasteiger partial charge in [0.15, 0.2) is 5.13 Å². The van der Waals surface area contributed by atoms with Gasteiger partial charge >= 0.3 is 0 Å². The molecule has 94 valence electrons. The van der Waals surface area contributed by atoms with Crippen LogP contribution in [0.25, 0.3) is 0 Å². The molecule has 5 nitrogen and oxygen atoms in total. The molecule has 0 saturated carbocycles. The number of nitrogens with one attached hydrogen (secondary N) is 2. The summed E-state index contributed by atoms with van der Waals surface area (Å²) in [7, 11) is 0. The third kappa shape index (κ3) is 3.04. The Bertz CT molecular complexity index is 553. The summed E-state index contributed by atoms with van der Waals surface area (Å²) >= 11 is 1.40. The van der Waals surface area contributed by atoms with E-state index < -0.39 is 0 Å². The molecule has 0 aliphatic rings. The van der Waals surface area contributed by atoms with Gasteiger partial charge < -0.3 is 5.32 Å². The van der Waals surface area contributed by atoms with E-state index in [4.69, 9.17) is 0 Å². The zero-order chi connectivity index (χ0) is 13.0. The van der Waals surface area contributed by atoms with Crippen molar-refractivity contribution in [1.29, 1.82) is 0 Å². The van der Waals surface area contributed by atoms with Gasteiger partial charge in [-0.25, -0.2) is 9.97 Å². The highest BCUT2D eigenvalue weighted by Crippen LogP contribution is 2.15. The van der Waals surface area contributed by atoms with E-state index in [1.165, 1.54) is 11.3 Å². The van der Waals surface area contributed by atoms with E-state index in [-0.39, 0.29) is 5.91 Å². The molecule has 0 aliphatic carbocycles. The number of pyridine rings is 1. The largest absolute Gasteiger partial charge is 0.370 e. The van der Waals surface area contributed by atoms with Gasteiger partial charge in [0.25, 0.3) is 5.91 Å². The Labute approximate surface area is 109 Å². The van der Waals surface area contributed by atoms with Crippen LogP contribution in [0.2, 0.25) is 0 Å². The molecule has 6 heteroatoms. The molecule has 1 amide bonds. The molecule has 18 heavy (non-hydrogen) atoms. The summed E-state index contributed by atoms with van der Waals surface area (Å²) < 4.78 is 0. The van der Waals surface area contributed by atoms with Crippen molar-refractivity contribution in [1.82, 2.24) is 9.97 Å². The number of aromatic nitrogens is 2. The molecular weight excluding hydrogens is 248 g/mol. The summed E-state index contributed by atoms with van der Waals surface area (Å²) in [4.78, 5) is 20.3. The smallest absolute Gasteiger partial charge is 0.276 e. The maximum absolute atomic E-state index is 11.9. The zero-order valence-corrected chi connectivity index (χ0v) is 11.0. The van der Waals surface area contributed by atoms with E-state index in [1.54, 1.807) is 12.1 Å². The van der Waals surface area contributed by atoms with Crippen molar-refractivity contribution in [2.75, 3.05) is 17.2 Å². The average molecular weight is 262 g/mol. The van der Waals surface area contributed by atoms with Gasteiger partial charge in [-0.15, -0.1) is 11.3 Å². The van der Waals surface area contributed by atoms with Crippen molar-refractivity contribution in [3.63, 3.8) is 0 Å². The Hall–Kier alpha value is -1.95. The van der Waals surface area contributed by atoms with Gasteiger partial charge in [-0.05, 0) is 26.0 Å². The summed E-state index contributed by atoms with van der Waals surface area (Å²) in [6.45, 7) is 4.63. The maximum atomic E-state index is 11.9. The topological polar surface area (TPSA) is 66.9 Å². The Morgan fingerprint density at radius 1 is 1.39 bits per heavy atom. The first-order valence-corrected chi connectivity index (χ1v) is 6.51. The Morgan fingerprint density at radius 2 is 2.22 bits per heavy atom. The number of aryl methyl sites for hydroxylation is 1. The van der Waals surface area contributed by atoms with E-state index in [1.807, 2.05) is 25.3 Å². The minimum absolute atomic E-state index is 0.246. The number of rotatable bonds is 4. The summed E-state index contributed by atoms with van der Waals surface area (Å²) in [5.41, 5.74) is 1.27. The Balaban J connectivity index is 2.11. The fourth-order valence-electron chi connectivity index (χ4n) is 1.41. The van der Waals surface area contributed by atoms with Crippen LogP contribution in [0.5, 0.6) is 0 Å². The second-order valence-corrected chi connectivity index (χ2v) is 4.54. The van der Waals surface area contributed by atoms with Crippen LogP contribution in [-0.4, -0.2) is 22.4 Å². The molecule has 0 saturated heterocycles. The number of hydrogen-bond acceptors (Lipinski definition) is 5. The number of anilines is 2. The van der Waals surface area contributed by atoms with Gasteiger partial charge in [0.05, 0.1) is 5.69 Å². The highest BCUT2D eigenvalue weighted by Gasteiger charge is 2.10. The van der Waals surface area contributed by atoms with Crippen LogP contribution >= 0.6 is 11.3 Å². The fraction of sp³-hybridized carbons (Fsp3) is 0.250. The SMILES string of the molecule is CCNc1cccc(C(=O)Nc2nc(C)cs2)n1. The monoisotopic (exact) mass is 262 g/mol. The predicted molar refractivity (Wildman–Crippen MR) is 73.2 cm³/mol. The first kappa shape index (κ1) is 12.5. The Kier molecular flexibility index (Phi) is 3.88. The summed E-state index contributed by atoms with van der Waals surface area (Å²) in [5, 5.41) is 8.27. The minimum Gasteiger partial charge on any atom is -0.370 e. The number of nitrogens with zero attached hydrogens (tertiary/aromatic N) is 2. The summed E-state index contributed by atoms with van der Waals surface area (Å²) in [5.74, 6) is 0.449. The van der Waals surface area contributed by atoms with Crippen molar-refractivity contribution in [3.05, 3.63) is 35.0 Å². The van der Waals surface area contributed by atoms with Crippen LogP contribution in [0.4, 0.5) is 10.9 Å². The van der Waals surface area contributed by atoms with Crippen molar-refractivity contribution in [2.24, 2.45) is 0 Å². The number of carbonyl (C=O) groups is 1. The molecule has 0 aromatic carbocycles. The molecule has 0 spiro atoms. The van der Waals surface area contributed by atoms with Crippen LogP contribution in [-0.2, 0) is 0 Å². The number of carbonyl (C=O) groups excluding carboxylic acids is 1. The van der Waals surface area contributed by atoms with Crippen molar-refractivity contribution in [2.45, 2.75) is 13.8 Å². The maximum Gasteiger partial charge on any atom is 0.276 e. The van der Waals surface area contributed by atoms with Gasteiger partial charge in [0, 0.05) is 11.9 Å². The molecule has 0 atom stereocenters. The van der Waals surface area contributed by atoms with Crippen LogP contribution in [0.15, 0.2) is 23.6 Å². The molecule has 0 radical (unpaired) electrons. The van der Waals surface area contributed by atoms with Crippen molar-refractivity contribution in [3.8, 4) is 0 Å². The molecule has 2 aromatic heterocycles. The van der Waals surface area contributed by atoms with Crippen LogP contribution in [0.1, 0.15) is 23.1 Å². The predicted octanol–water partition coefficient (Wildman–Crippen LogP) is 2.53. The van der Waals surface area contributed by atoms with E-state index in [0.717, 1.165) is 12.2 Å². The third-order valence-corrected chi connectivity index (χ3v) is 3.05. The molecule has 0 aliphatic heterocycles. The molecule has 0 unspecified atom stereocenters. The van der Waals surface area contributed by atoms with Crippen LogP contribution in [0, 0.1) is 6.92 Å². The lowest BCUT2D eigenvalue weighted by Gasteiger charge is -2.04. The highest BCUT2D eigenvalue weighted by atomic mass is 32.1. The number of amides is 1. The van der Waals surface area contributed by atoms with Crippen molar-refractivity contribution >= 4 is 28.2 Å². The standard InChI is InChI=1S/C12H14N4OS/c1-3-13-10-6-4-5-9(15-10)11(17)16-12-14-8(2)7-18-12/h4-7H,3H2,1-2H3,(H,13,15)(H,14,16,17). The minimum atomic E-state index is -0.246. The molecule has 2 aromatic rings. The lowest BCUT2D eigenvalue weighted by molar-refractivity contribution is 0.102. The summed E-state index contributed by atoms with van der Waals surface area (Å²) in [6.07, 6.45) is 0. The lowest BCUT2D eigenvalue weighted by Crippen LogP contribution is -2.14. The lowest BCUT2D eigenvalue weighted by atomic mass is 10.3. The third-order valence-electron chi connectivity index (χ3n) is 2.18. The van der Waals surface area contributed by atoms with Crippen LogP contribution < -0.4 is 10.6 Å². The summed E-state index contributed by atoms with van der Waals surface area (Å²) in [6, 6.07) is 5.30. The Morgan fingerprint density at radius 3 is 2.89 bits per heavy atom. The normalized spacial score (nSPS) is 10.1. The molecule has 2 heterocycles. The fourth-order valence-corrected chi connectivity index (χ4v) is 2.10. The van der Waals surface area contributed by atoms with Gasteiger partial charge in [-0.1, -0.05) is 6.07 Å². The van der Waals surface area contributed by atoms with Gasteiger partial charge in [-0.3, -0.25) is 10.1 Å². The zero-order valence-electron chi connectivity index (χ0n) is 10.2. The van der Waals surface area contributed by atoms with Gasteiger partial charge in [0.1, 0.15) is 11.5 Å². The molecule has 2 N–H and O–H groups in total. The molecule has 2 rings (SSSR count). The number of thiazole rings is 1. The van der Waals surface area contributed by atoms with E-state index in [2.05, 4.69) is 20.6 Å². The van der Waals surface area contributed by atoms with Gasteiger partial charge in [0.2, 0.25) is 0 Å². The molecule has 0 fully saturated rings.